The molecule has 2 rings (SSSR count). The SMILES string of the molecule is CCCNC(c1ccoc1)c1cnn(C)c1C. The number of hydrogen-bond donors (Lipinski definition) is 1. The topological polar surface area (TPSA) is 43.0 Å². The quantitative estimate of drug-likeness (QED) is 0.862. The van der Waals surface area contributed by atoms with E-state index < -0.39 is 0 Å². The van der Waals surface area contributed by atoms with Crippen molar-refractivity contribution >= 4 is 0 Å². The van der Waals surface area contributed by atoms with Crippen LogP contribution in [0.15, 0.2) is 29.2 Å². The minimum absolute atomic E-state index is 0.169. The molecule has 1 unspecified atom stereocenters. The lowest BCUT2D eigenvalue weighted by molar-refractivity contribution is 0.547. The third-order valence-electron chi connectivity index (χ3n) is 3.06. The maximum atomic E-state index is 5.18. The van der Waals surface area contributed by atoms with Gasteiger partial charge < -0.3 is 9.73 Å². The van der Waals surface area contributed by atoms with Crippen LogP contribution in [0.25, 0.3) is 0 Å². The molecule has 4 nitrogen and oxygen atoms in total. The number of furan rings is 1. The predicted molar refractivity (Wildman–Crippen MR) is 66.8 cm³/mol. The molecule has 2 aromatic heterocycles. The molecular formula is C13H19N3O. The molecule has 0 aliphatic heterocycles. The smallest absolute Gasteiger partial charge is 0.0953 e. The molecule has 0 saturated carbocycles. The van der Waals surface area contributed by atoms with Crippen molar-refractivity contribution in [3.8, 4) is 0 Å². The van der Waals surface area contributed by atoms with Crippen LogP contribution in [0.1, 0.15) is 36.2 Å². The Labute approximate surface area is 102 Å². The normalized spacial score (nSPS) is 12.9. The van der Waals surface area contributed by atoms with Gasteiger partial charge in [0.1, 0.15) is 0 Å². The Morgan fingerprint density at radius 3 is 2.88 bits per heavy atom. The van der Waals surface area contributed by atoms with Crippen LogP contribution < -0.4 is 5.32 Å². The first-order chi connectivity index (χ1) is 8.24. The fraction of sp³-hybridized carbons (Fsp3) is 0.462. The second-order valence-corrected chi connectivity index (χ2v) is 4.25. The Kier molecular flexibility index (Phi) is 3.64. The summed E-state index contributed by atoms with van der Waals surface area (Å²) in [5, 5.41) is 7.83. The standard InChI is InChI=1S/C13H19N3O/c1-4-6-14-13(11-5-7-17-9-11)12-8-15-16(3)10(12)2/h5,7-9,13-14H,4,6H2,1-3H3. The number of rotatable bonds is 5. The van der Waals surface area contributed by atoms with Gasteiger partial charge in [0.05, 0.1) is 24.8 Å². The number of hydrogen-bond acceptors (Lipinski definition) is 3. The van der Waals surface area contributed by atoms with Crippen molar-refractivity contribution in [2.75, 3.05) is 6.54 Å². The van der Waals surface area contributed by atoms with Crippen molar-refractivity contribution in [2.45, 2.75) is 26.3 Å². The first-order valence-corrected chi connectivity index (χ1v) is 5.98. The van der Waals surface area contributed by atoms with E-state index in [1.54, 1.807) is 12.5 Å². The van der Waals surface area contributed by atoms with Crippen molar-refractivity contribution in [3.05, 3.63) is 41.6 Å². The molecular weight excluding hydrogens is 214 g/mol. The zero-order valence-electron chi connectivity index (χ0n) is 10.6. The highest BCUT2D eigenvalue weighted by molar-refractivity contribution is 5.30. The third-order valence-corrected chi connectivity index (χ3v) is 3.06. The first kappa shape index (κ1) is 11.9. The van der Waals surface area contributed by atoms with Gasteiger partial charge in [0.15, 0.2) is 0 Å². The molecule has 2 aromatic rings. The molecule has 0 aromatic carbocycles. The zero-order valence-corrected chi connectivity index (χ0v) is 10.6. The second-order valence-electron chi connectivity index (χ2n) is 4.25. The van der Waals surface area contributed by atoms with E-state index in [4.69, 9.17) is 4.42 Å². The van der Waals surface area contributed by atoms with Crippen LogP contribution in [0.4, 0.5) is 0 Å². The molecule has 2 heterocycles. The van der Waals surface area contributed by atoms with E-state index in [9.17, 15) is 0 Å². The summed E-state index contributed by atoms with van der Waals surface area (Å²) in [5.74, 6) is 0. The molecule has 0 fully saturated rings. The van der Waals surface area contributed by atoms with Gasteiger partial charge in [0, 0.05) is 23.9 Å². The van der Waals surface area contributed by atoms with Gasteiger partial charge in [0.25, 0.3) is 0 Å². The Balaban J connectivity index is 2.30. The largest absolute Gasteiger partial charge is 0.472 e. The minimum atomic E-state index is 0.169. The summed E-state index contributed by atoms with van der Waals surface area (Å²) in [7, 11) is 1.96. The van der Waals surface area contributed by atoms with Crippen LogP contribution in [0, 0.1) is 6.92 Å². The van der Waals surface area contributed by atoms with E-state index in [1.165, 1.54) is 11.3 Å². The molecule has 0 aliphatic rings. The van der Waals surface area contributed by atoms with Gasteiger partial charge in [-0.25, -0.2) is 0 Å². The van der Waals surface area contributed by atoms with Crippen molar-refractivity contribution in [1.82, 2.24) is 15.1 Å². The minimum Gasteiger partial charge on any atom is -0.472 e. The van der Waals surface area contributed by atoms with Gasteiger partial charge in [-0.1, -0.05) is 6.92 Å². The molecule has 17 heavy (non-hydrogen) atoms. The van der Waals surface area contributed by atoms with Gasteiger partial charge in [0.2, 0.25) is 0 Å². The van der Waals surface area contributed by atoms with Crippen LogP contribution in [0.3, 0.4) is 0 Å². The summed E-state index contributed by atoms with van der Waals surface area (Å²) in [6.07, 6.45) is 6.53. The first-order valence-electron chi connectivity index (χ1n) is 5.98. The average molecular weight is 233 g/mol. The fourth-order valence-electron chi connectivity index (χ4n) is 1.93. The summed E-state index contributed by atoms with van der Waals surface area (Å²) in [5.41, 5.74) is 3.54. The average Bonchev–Trinajstić information content (AvgIpc) is 2.94. The lowest BCUT2D eigenvalue weighted by Crippen LogP contribution is -2.23. The monoisotopic (exact) mass is 233 g/mol. The lowest BCUT2D eigenvalue weighted by Gasteiger charge is -2.16. The van der Waals surface area contributed by atoms with Crippen LogP contribution in [-0.4, -0.2) is 16.3 Å². The van der Waals surface area contributed by atoms with E-state index >= 15 is 0 Å². The predicted octanol–water partition coefficient (Wildman–Crippen LogP) is 2.41. The van der Waals surface area contributed by atoms with Crippen molar-refractivity contribution in [1.29, 1.82) is 0 Å². The summed E-state index contributed by atoms with van der Waals surface area (Å²) in [6.45, 7) is 5.22. The Hall–Kier alpha value is -1.55. The summed E-state index contributed by atoms with van der Waals surface area (Å²) in [4.78, 5) is 0. The van der Waals surface area contributed by atoms with Crippen LogP contribution in [0.2, 0.25) is 0 Å². The van der Waals surface area contributed by atoms with E-state index in [0.717, 1.165) is 18.5 Å². The van der Waals surface area contributed by atoms with Crippen molar-refractivity contribution < 1.29 is 4.42 Å². The highest BCUT2D eigenvalue weighted by Crippen LogP contribution is 2.24. The molecule has 1 N–H and O–H groups in total. The van der Waals surface area contributed by atoms with Crippen molar-refractivity contribution in [3.63, 3.8) is 0 Å². The van der Waals surface area contributed by atoms with Gasteiger partial charge >= 0.3 is 0 Å². The van der Waals surface area contributed by atoms with Gasteiger partial charge in [-0.3, -0.25) is 4.68 Å². The Bertz CT molecular complexity index is 459. The Morgan fingerprint density at radius 2 is 2.35 bits per heavy atom. The van der Waals surface area contributed by atoms with Crippen LogP contribution >= 0.6 is 0 Å². The molecule has 4 heteroatoms. The second kappa shape index (κ2) is 5.19. The van der Waals surface area contributed by atoms with Gasteiger partial charge in [-0.05, 0) is 26.0 Å². The molecule has 0 spiro atoms. The third kappa shape index (κ3) is 2.42. The van der Waals surface area contributed by atoms with E-state index in [-0.39, 0.29) is 6.04 Å². The van der Waals surface area contributed by atoms with E-state index in [1.807, 2.05) is 24.0 Å². The number of aromatic nitrogens is 2. The zero-order chi connectivity index (χ0) is 12.3. The van der Waals surface area contributed by atoms with Gasteiger partial charge in [-0.2, -0.15) is 5.10 Å². The summed E-state index contributed by atoms with van der Waals surface area (Å²) < 4.78 is 7.08. The number of nitrogens with one attached hydrogen (secondary N) is 1. The molecule has 0 amide bonds. The molecule has 0 saturated heterocycles. The molecule has 1 atom stereocenters. The molecule has 92 valence electrons. The van der Waals surface area contributed by atoms with Crippen molar-refractivity contribution in [2.24, 2.45) is 7.05 Å². The Morgan fingerprint density at radius 1 is 1.53 bits per heavy atom. The summed E-state index contributed by atoms with van der Waals surface area (Å²) in [6, 6.07) is 2.17. The van der Waals surface area contributed by atoms with E-state index in [0.29, 0.717) is 0 Å². The maximum Gasteiger partial charge on any atom is 0.0953 e. The molecule has 0 aliphatic carbocycles. The maximum absolute atomic E-state index is 5.18. The van der Waals surface area contributed by atoms with Gasteiger partial charge in [-0.15, -0.1) is 0 Å². The fourth-order valence-corrected chi connectivity index (χ4v) is 1.93. The van der Waals surface area contributed by atoms with Crippen LogP contribution in [0.5, 0.6) is 0 Å². The molecule has 0 radical (unpaired) electrons. The number of nitrogens with zero attached hydrogens (tertiary/aromatic N) is 2. The van der Waals surface area contributed by atoms with Crippen LogP contribution in [-0.2, 0) is 7.05 Å². The highest BCUT2D eigenvalue weighted by Gasteiger charge is 2.18. The van der Waals surface area contributed by atoms with E-state index in [2.05, 4.69) is 24.3 Å². The summed E-state index contributed by atoms with van der Waals surface area (Å²) >= 11 is 0. The highest BCUT2D eigenvalue weighted by atomic mass is 16.3. The molecule has 0 bridgehead atoms. The number of aryl methyl sites for hydroxylation is 1. The lowest BCUT2D eigenvalue weighted by atomic mass is 10.0.